The van der Waals surface area contributed by atoms with Gasteiger partial charge in [-0.1, -0.05) is 24.4 Å². The highest BCUT2D eigenvalue weighted by Gasteiger charge is 2.10. The predicted octanol–water partition coefficient (Wildman–Crippen LogP) is 0.936. The molecule has 106 valence electrons. The van der Waals surface area contributed by atoms with E-state index < -0.39 is 15.7 Å². The SMILES string of the molecule is CN(CCS(C)(=O)=O)Cc1ccc(C(N)=S)cc1F. The molecular weight excluding hydrogens is 287 g/mol. The Balaban J connectivity index is 2.69. The quantitative estimate of drug-likeness (QED) is 0.792. The third kappa shape index (κ3) is 5.63. The van der Waals surface area contributed by atoms with Crippen molar-refractivity contribution in [1.82, 2.24) is 4.90 Å². The molecule has 4 nitrogen and oxygen atoms in total. The summed E-state index contributed by atoms with van der Waals surface area (Å²) in [5, 5.41) is 0. The van der Waals surface area contributed by atoms with Crippen LogP contribution in [0.1, 0.15) is 11.1 Å². The van der Waals surface area contributed by atoms with Gasteiger partial charge in [-0.3, -0.25) is 0 Å². The van der Waals surface area contributed by atoms with Crippen molar-refractivity contribution in [3.8, 4) is 0 Å². The van der Waals surface area contributed by atoms with Crippen LogP contribution in [0.5, 0.6) is 0 Å². The number of nitrogens with zero attached hydrogens (tertiary/aromatic N) is 1. The van der Waals surface area contributed by atoms with Crippen LogP contribution >= 0.6 is 12.2 Å². The molecule has 0 aromatic heterocycles. The fourth-order valence-corrected chi connectivity index (χ4v) is 2.29. The fraction of sp³-hybridized carbons (Fsp3) is 0.417. The molecule has 1 aromatic carbocycles. The average molecular weight is 304 g/mol. The molecule has 0 heterocycles. The van der Waals surface area contributed by atoms with Crippen molar-refractivity contribution in [1.29, 1.82) is 0 Å². The smallest absolute Gasteiger partial charge is 0.148 e. The van der Waals surface area contributed by atoms with Crippen molar-refractivity contribution in [3.05, 3.63) is 35.1 Å². The molecule has 0 saturated heterocycles. The molecule has 0 spiro atoms. The second-order valence-corrected chi connectivity index (χ2v) is 7.24. The first kappa shape index (κ1) is 16.0. The van der Waals surface area contributed by atoms with E-state index in [4.69, 9.17) is 18.0 Å². The highest BCUT2D eigenvalue weighted by atomic mass is 32.2. The molecule has 0 radical (unpaired) electrons. The Morgan fingerprint density at radius 1 is 1.47 bits per heavy atom. The Kier molecular flexibility index (Phi) is 5.39. The number of rotatable bonds is 6. The van der Waals surface area contributed by atoms with Gasteiger partial charge in [-0.2, -0.15) is 0 Å². The van der Waals surface area contributed by atoms with Crippen LogP contribution in [0.15, 0.2) is 18.2 Å². The van der Waals surface area contributed by atoms with Gasteiger partial charge in [-0.25, -0.2) is 12.8 Å². The number of nitrogens with two attached hydrogens (primary N) is 1. The van der Waals surface area contributed by atoms with Crippen molar-refractivity contribution < 1.29 is 12.8 Å². The van der Waals surface area contributed by atoms with Gasteiger partial charge in [0.1, 0.15) is 20.6 Å². The maximum absolute atomic E-state index is 13.8. The average Bonchev–Trinajstić information content (AvgIpc) is 2.28. The van der Waals surface area contributed by atoms with Crippen molar-refractivity contribution >= 4 is 27.0 Å². The minimum absolute atomic E-state index is 0.0517. The van der Waals surface area contributed by atoms with Crippen LogP contribution < -0.4 is 5.73 Å². The summed E-state index contributed by atoms with van der Waals surface area (Å²) < 4.78 is 35.9. The van der Waals surface area contributed by atoms with Crippen molar-refractivity contribution in [2.24, 2.45) is 5.73 Å². The number of benzene rings is 1. The summed E-state index contributed by atoms with van der Waals surface area (Å²) in [4.78, 5) is 1.90. The van der Waals surface area contributed by atoms with Crippen LogP contribution in [0.25, 0.3) is 0 Å². The molecule has 19 heavy (non-hydrogen) atoms. The Labute approximate surface area is 118 Å². The summed E-state index contributed by atoms with van der Waals surface area (Å²) >= 11 is 4.77. The summed E-state index contributed by atoms with van der Waals surface area (Å²) in [5.41, 5.74) is 6.38. The Bertz CT molecular complexity index is 573. The van der Waals surface area contributed by atoms with Crippen LogP contribution in [-0.2, 0) is 16.4 Å². The van der Waals surface area contributed by atoms with Crippen LogP contribution in [0.3, 0.4) is 0 Å². The van der Waals surface area contributed by atoms with Crippen LogP contribution in [0.4, 0.5) is 4.39 Å². The molecular formula is C12H17FN2O2S2. The second-order valence-electron chi connectivity index (χ2n) is 4.54. The summed E-state index contributed by atoms with van der Waals surface area (Å²) in [6, 6.07) is 4.56. The van der Waals surface area contributed by atoms with Crippen LogP contribution in [0, 0.1) is 5.82 Å². The molecule has 0 bridgehead atoms. The lowest BCUT2D eigenvalue weighted by Gasteiger charge is -2.16. The number of thiocarbonyl (C=S) groups is 1. The molecule has 1 aromatic rings. The topological polar surface area (TPSA) is 63.4 Å². The highest BCUT2D eigenvalue weighted by molar-refractivity contribution is 7.90. The van der Waals surface area contributed by atoms with Crippen molar-refractivity contribution in [2.75, 3.05) is 25.6 Å². The number of hydrogen-bond donors (Lipinski definition) is 1. The second kappa shape index (κ2) is 6.40. The molecule has 0 aliphatic carbocycles. The first-order valence-corrected chi connectivity index (χ1v) is 8.10. The molecule has 0 aliphatic heterocycles. The van der Waals surface area contributed by atoms with Gasteiger partial charge in [0, 0.05) is 30.5 Å². The zero-order valence-corrected chi connectivity index (χ0v) is 12.5. The summed E-state index contributed by atoms with van der Waals surface area (Å²) in [6.07, 6.45) is 1.18. The lowest BCUT2D eigenvalue weighted by molar-refractivity contribution is 0.340. The molecule has 7 heteroatoms. The molecule has 0 atom stereocenters. The van der Waals surface area contributed by atoms with Gasteiger partial charge in [0.25, 0.3) is 0 Å². The zero-order chi connectivity index (χ0) is 14.6. The Morgan fingerprint density at radius 3 is 2.58 bits per heavy atom. The van der Waals surface area contributed by atoms with Gasteiger partial charge in [-0.05, 0) is 13.1 Å². The third-order valence-electron chi connectivity index (χ3n) is 2.62. The predicted molar refractivity (Wildman–Crippen MR) is 78.3 cm³/mol. The maximum atomic E-state index is 13.8. The monoisotopic (exact) mass is 304 g/mol. The number of halogens is 1. The fourth-order valence-electron chi connectivity index (χ4n) is 1.52. The summed E-state index contributed by atoms with van der Waals surface area (Å²) in [6.45, 7) is 0.689. The van der Waals surface area contributed by atoms with E-state index in [0.717, 1.165) is 0 Å². The molecule has 0 unspecified atom stereocenters. The molecule has 0 fully saturated rings. The van der Waals surface area contributed by atoms with Crippen molar-refractivity contribution in [2.45, 2.75) is 6.54 Å². The van der Waals surface area contributed by atoms with E-state index in [2.05, 4.69) is 0 Å². The van der Waals surface area contributed by atoms with Gasteiger partial charge >= 0.3 is 0 Å². The van der Waals surface area contributed by atoms with E-state index >= 15 is 0 Å². The van der Waals surface area contributed by atoms with Gasteiger partial charge in [0.2, 0.25) is 0 Å². The van der Waals surface area contributed by atoms with Gasteiger partial charge in [-0.15, -0.1) is 0 Å². The normalized spacial score (nSPS) is 11.8. The Hall–Kier alpha value is -1.05. The van der Waals surface area contributed by atoms with E-state index in [1.807, 2.05) is 0 Å². The van der Waals surface area contributed by atoms with E-state index in [1.165, 1.54) is 12.3 Å². The minimum Gasteiger partial charge on any atom is -0.389 e. The van der Waals surface area contributed by atoms with Crippen molar-refractivity contribution in [3.63, 3.8) is 0 Å². The number of sulfone groups is 1. The van der Waals surface area contributed by atoms with E-state index in [9.17, 15) is 12.8 Å². The molecule has 0 aliphatic rings. The molecule has 2 N–H and O–H groups in total. The van der Waals surface area contributed by atoms with Gasteiger partial charge in [0.15, 0.2) is 0 Å². The lowest BCUT2D eigenvalue weighted by atomic mass is 10.1. The van der Waals surface area contributed by atoms with Crippen LogP contribution in [0.2, 0.25) is 0 Å². The number of hydrogen-bond acceptors (Lipinski definition) is 4. The molecule has 0 amide bonds. The molecule has 0 saturated carbocycles. The maximum Gasteiger partial charge on any atom is 0.148 e. The standard InChI is InChI=1S/C12H17FN2O2S2/c1-15(5-6-19(2,16)17)8-10-4-3-9(12(14)18)7-11(10)13/h3-4,7H,5-6,8H2,1-2H3,(H2,14,18). The van der Waals surface area contributed by atoms with E-state index in [0.29, 0.717) is 24.2 Å². The Morgan fingerprint density at radius 2 is 2.11 bits per heavy atom. The van der Waals surface area contributed by atoms with Gasteiger partial charge in [0.05, 0.1) is 5.75 Å². The lowest BCUT2D eigenvalue weighted by Crippen LogP contribution is -2.25. The minimum atomic E-state index is -3.01. The summed E-state index contributed by atoms with van der Waals surface area (Å²) in [7, 11) is -1.27. The summed E-state index contributed by atoms with van der Waals surface area (Å²) in [5.74, 6) is -0.340. The first-order chi connectivity index (χ1) is 8.69. The van der Waals surface area contributed by atoms with Gasteiger partial charge < -0.3 is 10.6 Å². The largest absolute Gasteiger partial charge is 0.389 e. The highest BCUT2D eigenvalue weighted by Crippen LogP contribution is 2.12. The van der Waals surface area contributed by atoms with E-state index in [1.54, 1.807) is 24.1 Å². The van der Waals surface area contributed by atoms with E-state index in [-0.39, 0.29) is 10.7 Å². The third-order valence-corrected chi connectivity index (χ3v) is 3.78. The first-order valence-electron chi connectivity index (χ1n) is 5.63. The van der Waals surface area contributed by atoms with Crippen LogP contribution in [-0.4, -0.2) is 43.9 Å². The zero-order valence-electron chi connectivity index (χ0n) is 10.9. The molecule has 1 rings (SSSR count).